The van der Waals surface area contributed by atoms with Gasteiger partial charge in [-0.25, -0.2) is 0 Å². The first-order valence-corrected chi connectivity index (χ1v) is 6.22. The smallest absolute Gasteiger partial charge is 0.320 e. The van der Waals surface area contributed by atoms with Gasteiger partial charge in [0.05, 0.1) is 0 Å². The maximum absolute atomic E-state index is 10.9. The lowest BCUT2D eigenvalue weighted by molar-refractivity contribution is -0.139. The summed E-state index contributed by atoms with van der Waals surface area (Å²) in [5, 5.41) is 12.7. The number of carboxylic acids is 1. The predicted octanol–water partition coefficient (Wildman–Crippen LogP) is 2.73. The third kappa shape index (κ3) is 5.20. The Hall–Kier alpha value is -1.06. The molecular weight excluding hydrogens is 238 g/mol. The molecule has 94 valence electrons. The van der Waals surface area contributed by atoms with E-state index >= 15 is 0 Å². The van der Waals surface area contributed by atoms with Crippen molar-refractivity contribution in [2.75, 3.05) is 6.54 Å². The Bertz CT molecular complexity index is 351. The second-order valence-electron chi connectivity index (χ2n) is 4.01. The zero-order valence-electron chi connectivity index (χ0n) is 9.95. The van der Waals surface area contributed by atoms with E-state index < -0.39 is 12.0 Å². The molecular formula is C13H18ClNO2. The number of rotatable bonds is 7. The van der Waals surface area contributed by atoms with E-state index in [2.05, 4.69) is 5.32 Å². The molecule has 0 spiro atoms. The van der Waals surface area contributed by atoms with Crippen LogP contribution in [0.15, 0.2) is 24.3 Å². The quantitative estimate of drug-likeness (QED) is 0.788. The van der Waals surface area contributed by atoms with E-state index in [1.807, 2.05) is 31.2 Å². The fourth-order valence-corrected chi connectivity index (χ4v) is 1.77. The average molecular weight is 256 g/mol. The Morgan fingerprint density at radius 3 is 2.59 bits per heavy atom. The van der Waals surface area contributed by atoms with E-state index in [4.69, 9.17) is 16.7 Å². The fraction of sp³-hybridized carbons (Fsp3) is 0.462. The number of benzene rings is 1. The summed E-state index contributed by atoms with van der Waals surface area (Å²) in [5.41, 5.74) is 1.16. The van der Waals surface area contributed by atoms with Gasteiger partial charge in [-0.3, -0.25) is 4.79 Å². The Kier molecular flexibility index (Phi) is 6.01. The topological polar surface area (TPSA) is 49.3 Å². The lowest BCUT2D eigenvalue weighted by Gasteiger charge is -2.13. The first-order valence-electron chi connectivity index (χ1n) is 5.84. The molecule has 17 heavy (non-hydrogen) atoms. The molecule has 0 aliphatic heterocycles. The van der Waals surface area contributed by atoms with E-state index in [1.54, 1.807) is 0 Å². The second kappa shape index (κ2) is 7.30. The van der Waals surface area contributed by atoms with E-state index in [9.17, 15) is 4.79 Å². The lowest BCUT2D eigenvalue weighted by atomic mass is 10.1. The number of carbonyl (C=O) groups is 1. The molecule has 1 aromatic carbocycles. The minimum Gasteiger partial charge on any atom is -0.480 e. The molecule has 1 atom stereocenters. The molecule has 1 rings (SSSR count). The van der Waals surface area contributed by atoms with Gasteiger partial charge in [0.25, 0.3) is 0 Å². The molecule has 1 unspecified atom stereocenters. The number of hydrogen-bond acceptors (Lipinski definition) is 2. The van der Waals surface area contributed by atoms with Crippen LogP contribution in [-0.4, -0.2) is 23.7 Å². The van der Waals surface area contributed by atoms with Crippen LogP contribution in [0.4, 0.5) is 0 Å². The highest BCUT2D eigenvalue weighted by molar-refractivity contribution is 6.30. The molecule has 0 fully saturated rings. The number of nitrogens with one attached hydrogen (secondary N) is 1. The van der Waals surface area contributed by atoms with Crippen LogP contribution in [0.3, 0.4) is 0 Å². The minimum absolute atomic E-state index is 0.438. The zero-order chi connectivity index (χ0) is 12.7. The maximum atomic E-state index is 10.9. The molecule has 3 nitrogen and oxygen atoms in total. The molecule has 0 saturated carbocycles. The summed E-state index contributed by atoms with van der Waals surface area (Å²) in [4.78, 5) is 10.9. The molecule has 1 aromatic rings. The molecule has 0 aliphatic rings. The van der Waals surface area contributed by atoms with Gasteiger partial charge < -0.3 is 10.4 Å². The summed E-state index contributed by atoms with van der Waals surface area (Å²) >= 11 is 5.79. The standard InChI is InChI=1S/C13H18ClNO2/c1-2-3-12(13(16)17)15-9-8-10-4-6-11(14)7-5-10/h4-7,12,15H,2-3,8-9H2,1H3,(H,16,17). The average Bonchev–Trinajstić information content (AvgIpc) is 2.30. The second-order valence-corrected chi connectivity index (χ2v) is 4.45. The van der Waals surface area contributed by atoms with Gasteiger partial charge in [-0.2, -0.15) is 0 Å². The van der Waals surface area contributed by atoms with Gasteiger partial charge in [-0.15, -0.1) is 0 Å². The van der Waals surface area contributed by atoms with E-state index in [0.717, 1.165) is 23.4 Å². The van der Waals surface area contributed by atoms with Crippen molar-refractivity contribution in [2.24, 2.45) is 0 Å². The van der Waals surface area contributed by atoms with Gasteiger partial charge in [0.1, 0.15) is 6.04 Å². The molecule has 0 aromatic heterocycles. The van der Waals surface area contributed by atoms with E-state index in [1.165, 1.54) is 0 Å². The number of hydrogen-bond donors (Lipinski definition) is 2. The van der Waals surface area contributed by atoms with Crippen molar-refractivity contribution in [3.05, 3.63) is 34.9 Å². The monoisotopic (exact) mass is 255 g/mol. The van der Waals surface area contributed by atoms with Crippen molar-refractivity contribution >= 4 is 17.6 Å². The molecule has 0 heterocycles. The van der Waals surface area contributed by atoms with Gasteiger partial charge >= 0.3 is 5.97 Å². The van der Waals surface area contributed by atoms with Gasteiger partial charge in [-0.1, -0.05) is 37.1 Å². The fourth-order valence-electron chi connectivity index (χ4n) is 1.64. The molecule has 4 heteroatoms. The highest BCUT2D eigenvalue weighted by atomic mass is 35.5. The van der Waals surface area contributed by atoms with Crippen molar-refractivity contribution in [1.82, 2.24) is 5.32 Å². The SMILES string of the molecule is CCCC(NCCc1ccc(Cl)cc1)C(=O)O. The number of halogens is 1. The molecule has 0 amide bonds. The van der Waals surface area contributed by atoms with Crippen molar-refractivity contribution < 1.29 is 9.90 Å². The van der Waals surface area contributed by atoms with Crippen molar-refractivity contribution in [1.29, 1.82) is 0 Å². The number of carboxylic acid groups (broad SMARTS) is 1. The first-order chi connectivity index (χ1) is 8.13. The van der Waals surface area contributed by atoms with Crippen LogP contribution < -0.4 is 5.32 Å². The third-order valence-corrected chi connectivity index (χ3v) is 2.85. The van der Waals surface area contributed by atoms with Crippen LogP contribution in [0, 0.1) is 0 Å². The van der Waals surface area contributed by atoms with E-state index in [-0.39, 0.29) is 0 Å². The molecule has 2 N–H and O–H groups in total. The Balaban J connectivity index is 2.35. The van der Waals surface area contributed by atoms with E-state index in [0.29, 0.717) is 13.0 Å². The van der Waals surface area contributed by atoms with Crippen molar-refractivity contribution in [3.63, 3.8) is 0 Å². The first kappa shape index (κ1) is 14.0. The summed E-state index contributed by atoms with van der Waals surface area (Å²) < 4.78 is 0. The summed E-state index contributed by atoms with van der Waals surface area (Å²) in [7, 11) is 0. The Morgan fingerprint density at radius 1 is 1.41 bits per heavy atom. The summed E-state index contributed by atoms with van der Waals surface area (Å²) in [6.07, 6.45) is 2.34. The van der Waals surface area contributed by atoms with Crippen molar-refractivity contribution in [3.8, 4) is 0 Å². The van der Waals surface area contributed by atoms with Crippen molar-refractivity contribution in [2.45, 2.75) is 32.2 Å². The van der Waals surface area contributed by atoms with Crippen LogP contribution in [-0.2, 0) is 11.2 Å². The van der Waals surface area contributed by atoms with Gasteiger partial charge in [-0.05, 0) is 37.1 Å². The molecule has 0 saturated heterocycles. The van der Waals surface area contributed by atoms with Crippen LogP contribution in [0.2, 0.25) is 5.02 Å². The van der Waals surface area contributed by atoms with Gasteiger partial charge in [0, 0.05) is 5.02 Å². The van der Waals surface area contributed by atoms with Crippen LogP contribution in [0.25, 0.3) is 0 Å². The third-order valence-electron chi connectivity index (χ3n) is 2.59. The summed E-state index contributed by atoms with van der Waals surface area (Å²) in [6, 6.07) is 7.17. The molecule has 0 aliphatic carbocycles. The largest absolute Gasteiger partial charge is 0.480 e. The summed E-state index contributed by atoms with van der Waals surface area (Å²) in [5.74, 6) is -0.775. The molecule has 0 radical (unpaired) electrons. The highest BCUT2D eigenvalue weighted by Crippen LogP contribution is 2.09. The predicted molar refractivity (Wildman–Crippen MR) is 69.5 cm³/mol. The van der Waals surface area contributed by atoms with Crippen LogP contribution >= 0.6 is 11.6 Å². The normalized spacial score (nSPS) is 12.4. The Morgan fingerprint density at radius 2 is 2.06 bits per heavy atom. The summed E-state index contributed by atoms with van der Waals surface area (Å²) in [6.45, 7) is 2.65. The Labute approximate surface area is 107 Å². The minimum atomic E-state index is -0.775. The maximum Gasteiger partial charge on any atom is 0.320 e. The lowest BCUT2D eigenvalue weighted by Crippen LogP contribution is -2.37. The zero-order valence-corrected chi connectivity index (χ0v) is 10.7. The van der Waals surface area contributed by atoms with Gasteiger partial charge in [0.2, 0.25) is 0 Å². The van der Waals surface area contributed by atoms with Crippen LogP contribution in [0.1, 0.15) is 25.3 Å². The highest BCUT2D eigenvalue weighted by Gasteiger charge is 2.14. The number of aliphatic carboxylic acids is 1. The van der Waals surface area contributed by atoms with Crippen LogP contribution in [0.5, 0.6) is 0 Å². The van der Waals surface area contributed by atoms with Gasteiger partial charge in [0.15, 0.2) is 0 Å². The molecule has 0 bridgehead atoms.